The molecule has 0 aliphatic rings. The van der Waals surface area contributed by atoms with E-state index >= 15 is 0 Å². The van der Waals surface area contributed by atoms with Crippen molar-refractivity contribution in [2.45, 2.75) is 17.9 Å². The minimum absolute atomic E-state index is 0.0208. The van der Waals surface area contributed by atoms with Crippen molar-refractivity contribution in [2.75, 3.05) is 13.7 Å². The minimum atomic E-state index is -3.68. The van der Waals surface area contributed by atoms with Gasteiger partial charge in [-0.25, -0.2) is 13.1 Å². The van der Waals surface area contributed by atoms with Crippen molar-refractivity contribution < 1.29 is 17.9 Å². The van der Waals surface area contributed by atoms with Gasteiger partial charge in [0.15, 0.2) is 0 Å². The molecule has 146 valence electrons. The average molecular weight is 398 g/mol. The number of nitrogens with one attached hydrogen (secondary N) is 2. The van der Waals surface area contributed by atoms with Gasteiger partial charge in [0.25, 0.3) is 0 Å². The first-order valence-corrected chi connectivity index (χ1v) is 10.3. The van der Waals surface area contributed by atoms with E-state index in [0.717, 1.165) is 16.3 Å². The van der Waals surface area contributed by atoms with Gasteiger partial charge in [-0.15, -0.1) is 0 Å². The molecule has 3 aromatic rings. The van der Waals surface area contributed by atoms with Crippen LogP contribution in [0.4, 0.5) is 0 Å². The number of sulfonamides is 1. The van der Waals surface area contributed by atoms with Crippen molar-refractivity contribution in [1.29, 1.82) is 0 Å². The first-order chi connectivity index (χ1) is 13.5. The summed E-state index contributed by atoms with van der Waals surface area (Å²) in [5.41, 5.74) is 0.857. The number of hydrogen-bond acceptors (Lipinski definition) is 4. The highest BCUT2D eigenvalue weighted by atomic mass is 32.2. The molecule has 0 unspecified atom stereocenters. The molecule has 0 fully saturated rings. The highest BCUT2D eigenvalue weighted by Gasteiger charge is 2.15. The van der Waals surface area contributed by atoms with Crippen molar-refractivity contribution in [3.63, 3.8) is 0 Å². The Balaban J connectivity index is 1.53. The molecule has 0 bridgehead atoms. The molecule has 0 saturated carbocycles. The monoisotopic (exact) mass is 398 g/mol. The van der Waals surface area contributed by atoms with Crippen LogP contribution in [0.25, 0.3) is 10.8 Å². The van der Waals surface area contributed by atoms with Crippen LogP contribution in [0.1, 0.15) is 12.0 Å². The highest BCUT2D eigenvalue weighted by molar-refractivity contribution is 7.89. The van der Waals surface area contributed by atoms with Gasteiger partial charge in [-0.2, -0.15) is 0 Å². The van der Waals surface area contributed by atoms with Gasteiger partial charge in [-0.05, 0) is 29.0 Å². The largest absolute Gasteiger partial charge is 0.496 e. The Kier molecular flexibility index (Phi) is 6.28. The summed E-state index contributed by atoms with van der Waals surface area (Å²) in [5, 5.41) is 4.59. The maximum absolute atomic E-state index is 12.5. The molecule has 7 heteroatoms. The van der Waals surface area contributed by atoms with E-state index in [0.29, 0.717) is 12.3 Å². The molecule has 0 heterocycles. The number of hydrogen-bond donors (Lipinski definition) is 2. The van der Waals surface area contributed by atoms with Gasteiger partial charge in [-0.3, -0.25) is 4.79 Å². The van der Waals surface area contributed by atoms with Crippen molar-refractivity contribution >= 4 is 26.7 Å². The Morgan fingerprint density at radius 2 is 1.68 bits per heavy atom. The number of para-hydroxylation sites is 1. The Hall–Kier alpha value is -2.90. The summed E-state index contributed by atoms with van der Waals surface area (Å²) in [6, 6.07) is 19.9. The van der Waals surface area contributed by atoms with Crippen LogP contribution >= 0.6 is 0 Å². The first kappa shape index (κ1) is 19.9. The number of amides is 1. The summed E-state index contributed by atoms with van der Waals surface area (Å²) >= 11 is 0. The topological polar surface area (TPSA) is 84.5 Å². The second-order valence-electron chi connectivity index (χ2n) is 6.25. The molecule has 0 aliphatic heterocycles. The van der Waals surface area contributed by atoms with Crippen LogP contribution < -0.4 is 14.8 Å². The van der Waals surface area contributed by atoms with Crippen molar-refractivity contribution in [3.05, 3.63) is 72.3 Å². The van der Waals surface area contributed by atoms with Crippen LogP contribution in [0, 0.1) is 0 Å². The average Bonchev–Trinajstić information content (AvgIpc) is 2.72. The predicted octanol–water partition coefficient (Wildman–Crippen LogP) is 2.83. The van der Waals surface area contributed by atoms with Crippen LogP contribution in [0.15, 0.2) is 71.6 Å². The third-order valence-electron chi connectivity index (χ3n) is 4.34. The fourth-order valence-electron chi connectivity index (χ4n) is 2.85. The van der Waals surface area contributed by atoms with Crippen molar-refractivity contribution in [3.8, 4) is 5.75 Å². The summed E-state index contributed by atoms with van der Waals surface area (Å²) in [4.78, 5) is 12.2. The molecule has 0 atom stereocenters. The summed E-state index contributed by atoms with van der Waals surface area (Å²) in [7, 11) is -2.10. The molecule has 6 nitrogen and oxygen atoms in total. The third-order valence-corrected chi connectivity index (χ3v) is 5.80. The number of carbonyl (C=O) groups is 1. The molecule has 0 spiro atoms. The highest BCUT2D eigenvalue weighted by Crippen LogP contribution is 2.19. The number of methoxy groups -OCH3 is 1. The van der Waals surface area contributed by atoms with Crippen molar-refractivity contribution in [2.24, 2.45) is 0 Å². The summed E-state index contributed by atoms with van der Waals surface area (Å²) in [6.45, 7) is 0.340. The molecule has 0 radical (unpaired) electrons. The maximum Gasteiger partial charge on any atom is 0.240 e. The lowest BCUT2D eigenvalue weighted by Crippen LogP contribution is -2.30. The zero-order valence-electron chi connectivity index (χ0n) is 15.5. The molecule has 3 aromatic carbocycles. The minimum Gasteiger partial charge on any atom is -0.496 e. The van der Waals surface area contributed by atoms with E-state index in [1.54, 1.807) is 25.3 Å². The van der Waals surface area contributed by atoms with Crippen LogP contribution in [0.5, 0.6) is 5.75 Å². The van der Waals surface area contributed by atoms with Gasteiger partial charge in [0.1, 0.15) is 5.75 Å². The van der Waals surface area contributed by atoms with Crippen LogP contribution in [0.2, 0.25) is 0 Å². The molecule has 3 rings (SSSR count). The first-order valence-electron chi connectivity index (χ1n) is 8.87. The molecule has 0 aromatic heterocycles. The predicted molar refractivity (Wildman–Crippen MR) is 109 cm³/mol. The van der Waals surface area contributed by atoms with E-state index in [9.17, 15) is 13.2 Å². The van der Waals surface area contributed by atoms with Crippen molar-refractivity contribution in [1.82, 2.24) is 10.0 Å². The number of benzene rings is 3. The van der Waals surface area contributed by atoms with Gasteiger partial charge >= 0.3 is 0 Å². The summed E-state index contributed by atoms with van der Waals surface area (Å²) < 4.78 is 32.6. The van der Waals surface area contributed by atoms with Gasteiger partial charge in [-0.1, -0.05) is 48.5 Å². The molecule has 1 amide bonds. The second kappa shape index (κ2) is 8.86. The van der Waals surface area contributed by atoms with Gasteiger partial charge in [0.05, 0.1) is 12.0 Å². The second-order valence-corrected chi connectivity index (χ2v) is 8.01. The molecular formula is C21H22N2O4S. The standard InChI is InChI=1S/C21H22N2O4S/c1-27-20-9-5-4-8-18(20)15-22-21(24)12-13-23-28(25,26)19-11-10-16-6-2-3-7-17(16)14-19/h2-11,14,23H,12-13,15H2,1H3,(H,22,24). The zero-order valence-corrected chi connectivity index (χ0v) is 16.3. The van der Waals surface area contributed by atoms with E-state index in [2.05, 4.69) is 10.0 Å². The Labute approximate surface area is 164 Å². The van der Waals surface area contributed by atoms with Crippen LogP contribution in [0.3, 0.4) is 0 Å². The quantitative estimate of drug-likeness (QED) is 0.611. The lowest BCUT2D eigenvalue weighted by molar-refractivity contribution is -0.121. The van der Waals surface area contributed by atoms with Crippen LogP contribution in [-0.2, 0) is 21.4 Å². The molecule has 0 aliphatic carbocycles. The Morgan fingerprint density at radius 1 is 0.964 bits per heavy atom. The number of carbonyl (C=O) groups excluding carboxylic acids is 1. The number of ether oxygens (including phenoxy) is 1. The smallest absolute Gasteiger partial charge is 0.240 e. The van der Waals surface area contributed by atoms with Gasteiger partial charge in [0.2, 0.25) is 15.9 Å². The van der Waals surface area contributed by atoms with E-state index in [1.165, 1.54) is 0 Å². The maximum atomic E-state index is 12.5. The SMILES string of the molecule is COc1ccccc1CNC(=O)CCNS(=O)(=O)c1ccc2ccccc2c1. The molecule has 2 N–H and O–H groups in total. The molecule has 0 saturated heterocycles. The van der Waals surface area contributed by atoms with E-state index in [-0.39, 0.29) is 23.8 Å². The summed E-state index contributed by atoms with van der Waals surface area (Å²) in [5.74, 6) is 0.451. The molecular weight excluding hydrogens is 376 g/mol. The lowest BCUT2D eigenvalue weighted by Gasteiger charge is -2.10. The fourth-order valence-corrected chi connectivity index (χ4v) is 3.91. The van der Waals surface area contributed by atoms with E-state index in [4.69, 9.17) is 4.74 Å². The van der Waals surface area contributed by atoms with Crippen LogP contribution in [-0.4, -0.2) is 28.0 Å². The Morgan fingerprint density at radius 3 is 2.46 bits per heavy atom. The number of rotatable bonds is 8. The normalized spacial score (nSPS) is 11.3. The van der Waals surface area contributed by atoms with E-state index < -0.39 is 10.0 Å². The lowest BCUT2D eigenvalue weighted by atomic mass is 10.1. The van der Waals surface area contributed by atoms with Gasteiger partial charge < -0.3 is 10.1 Å². The van der Waals surface area contributed by atoms with E-state index in [1.807, 2.05) is 48.5 Å². The zero-order chi connectivity index (χ0) is 20.0. The molecule has 28 heavy (non-hydrogen) atoms. The van der Waals surface area contributed by atoms with Gasteiger partial charge in [0, 0.05) is 25.1 Å². The fraction of sp³-hybridized carbons (Fsp3) is 0.190. The number of fused-ring (bicyclic) bond motifs is 1. The Bertz CT molecular complexity index is 1080. The summed E-state index contributed by atoms with van der Waals surface area (Å²) in [6.07, 6.45) is 0.0436. The third kappa shape index (κ3) is 4.88.